The number of amides is 1. The van der Waals surface area contributed by atoms with Crippen molar-refractivity contribution >= 4 is 11.9 Å². The van der Waals surface area contributed by atoms with Gasteiger partial charge < -0.3 is 9.64 Å². The SMILES string of the molecule is C#CCN(CC=C)C(=O)C(=O)OCC#CC(F)(F)F. The molecule has 0 aliphatic rings. The summed E-state index contributed by atoms with van der Waals surface area (Å²) in [5.74, 6) is 2.22. The molecule has 102 valence electrons. The Morgan fingerprint density at radius 3 is 2.53 bits per heavy atom. The molecule has 0 bridgehead atoms. The van der Waals surface area contributed by atoms with E-state index in [0.717, 1.165) is 10.8 Å². The maximum atomic E-state index is 11.6. The zero-order valence-corrected chi connectivity index (χ0v) is 9.79. The minimum Gasteiger partial charge on any atom is -0.445 e. The van der Waals surface area contributed by atoms with Crippen LogP contribution in [-0.2, 0) is 14.3 Å². The number of hydrogen-bond donors (Lipinski definition) is 0. The molecular formula is C12H10F3NO3. The molecule has 0 aromatic heterocycles. The third-order valence-corrected chi connectivity index (χ3v) is 1.60. The molecule has 0 aromatic rings. The number of rotatable bonds is 4. The second-order valence-corrected chi connectivity index (χ2v) is 3.05. The number of halogens is 3. The van der Waals surface area contributed by atoms with Crippen LogP contribution in [0.2, 0.25) is 0 Å². The number of alkyl halides is 3. The average Bonchev–Trinajstić information content (AvgIpc) is 2.32. The number of esters is 1. The standard InChI is InChI=1S/C12H10F3NO3/c1-3-7-16(8-4-2)10(17)11(18)19-9-5-6-12(13,14)15/h1,4H,2,7-9H2. The van der Waals surface area contributed by atoms with Crippen LogP contribution in [0, 0.1) is 24.2 Å². The fraction of sp³-hybridized carbons (Fsp3) is 0.333. The van der Waals surface area contributed by atoms with E-state index in [1.54, 1.807) is 5.92 Å². The van der Waals surface area contributed by atoms with Gasteiger partial charge in [0.2, 0.25) is 0 Å². The summed E-state index contributed by atoms with van der Waals surface area (Å²) in [6.45, 7) is 2.41. The Morgan fingerprint density at radius 1 is 1.42 bits per heavy atom. The highest BCUT2D eigenvalue weighted by Gasteiger charge is 2.24. The second-order valence-electron chi connectivity index (χ2n) is 3.05. The van der Waals surface area contributed by atoms with E-state index in [9.17, 15) is 22.8 Å². The number of terminal acetylenes is 1. The zero-order chi connectivity index (χ0) is 14.9. The van der Waals surface area contributed by atoms with Gasteiger partial charge in [0.1, 0.15) is 0 Å². The molecule has 19 heavy (non-hydrogen) atoms. The number of carbonyl (C=O) groups is 2. The Balaban J connectivity index is 4.40. The first-order chi connectivity index (χ1) is 8.81. The lowest BCUT2D eigenvalue weighted by atomic mass is 10.4. The summed E-state index contributed by atoms with van der Waals surface area (Å²) in [6.07, 6.45) is 1.66. The molecule has 0 N–H and O–H groups in total. The van der Waals surface area contributed by atoms with Crippen LogP contribution in [0.25, 0.3) is 0 Å². The number of ether oxygens (including phenoxy) is 1. The van der Waals surface area contributed by atoms with Crippen LogP contribution in [0.15, 0.2) is 12.7 Å². The summed E-state index contributed by atoms with van der Waals surface area (Å²) in [5, 5.41) is 0. The van der Waals surface area contributed by atoms with Crippen molar-refractivity contribution in [2.45, 2.75) is 6.18 Å². The van der Waals surface area contributed by atoms with Crippen LogP contribution in [0.3, 0.4) is 0 Å². The van der Waals surface area contributed by atoms with E-state index in [2.05, 4.69) is 17.2 Å². The first kappa shape index (κ1) is 16.6. The third-order valence-electron chi connectivity index (χ3n) is 1.60. The molecule has 0 saturated carbocycles. The molecule has 1 amide bonds. The predicted octanol–water partition coefficient (Wildman–Crippen LogP) is 0.743. The summed E-state index contributed by atoms with van der Waals surface area (Å²) in [7, 11) is 0. The summed E-state index contributed by atoms with van der Waals surface area (Å²) in [5.41, 5.74) is 0. The molecule has 0 aromatic carbocycles. The third kappa shape index (κ3) is 7.50. The van der Waals surface area contributed by atoms with E-state index in [-0.39, 0.29) is 13.1 Å². The van der Waals surface area contributed by atoms with Gasteiger partial charge in [-0.05, 0) is 0 Å². The Labute approximate surface area is 108 Å². The van der Waals surface area contributed by atoms with Crippen LogP contribution < -0.4 is 0 Å². The lowest BCUT2D eigenvalue weighted by Crippen LogP contribution is -2.38. The van der Waals surface area contributed by atoms with Gasteiger partial charge in [0.05, 0.1) is 6.54 Å². The van der Waals surface area contributed by atoms with Gasteiger partial charge in [0.15, 0.2) is 6.61 Å². The van der Waals surface area contributed by atoms with Gasteiger partial charge in [-0.15, -0.1) is 13.0 Å². The van der Waals surface area contributed by atoms with Gasteiger partial charge in [-0.1, -0.05) is 17.9 Å². The topological polar surface area (TPSA) is 46.6 Å². The van der Waals surface area contributed by atoms with E-state index in [0.29, 0.717) is 0 Å². The van der Waals surface area contributed by atoms with E-state index < -0.39 is 24.7 Å². The summed E-state index contributed by atoms with van der Waals surface area (Å²) in [4.78, 5) is 23.6. The fourth-order valence-corrected chi connectivity index (χ4v) is 0.914. The van der Waals surface area contributed by atoms with Crippen LogP contribution in [0.4, 0.5) is 13.2 Å². The van der Waals surface area contributed by atoms with Crippen LogP contribution in [0.5, 0.6) is 0 Å². The van der Waals surface area contributed by atoms with Crippen LogP contribution >= 0.6 is 0 Å². The van der Waals surface area contributed by atoms with E-state index in [4.69, 9.17) is 6.42 Å². The lowest BCUT2D eigenvalue weighted by molar-refractivity contribution is -0.158. The molecule has 0 rings (SSSR count). The quantitative estimate of drug-likeness (QED) is 0.328. The average molecular weight is 273 g/mol. The highest BCUT2D eigenvalue weighted by Crippen LogP contribution is 2.11. The summed E-state index contributed by atoms with van der Waals surface area (Å²) in [6, 6.07) is 0. The van der Waals surface area contributed by atoms with Gasteiger partial charge >= 0.3 is 18.1 Å². The minimum absolute atomic E-state index is 0.0202. The molecular weight excluding hydrogens is 263 g/mol. The van der Waals surface area contributed by atoms with Crippen LogP contribution in [-0.4, -0.2) is 42.6 Å². The largest absolute Gasteiger partial charge is 0.457 e. The first-order valence-electron chi connectivity index (χ1n) is 4.89. The van der Waals surface area contributed by atoms with E-state index in [1.165, 1.54) is 6.08 Å². The highest BCUT2D eigenvalue weighted by atomic mass is 19.4. The predicted molar refractivity (Wildman–Crippen MR) is 60.4 cm³/mol. The smallest absolute Gasteiger partial charge is 0.445 e. The lowest BCUT2D eigenvalue weighted by Gasteiger charge is -2.16. The molecule has 0 spiro atoms. The summed E-state index contributed by atoms with van der Waals surface area (Å²) < 4.78 is 39.2. The van der Waals surface area contributed by atoms with Crippen molar-refractivity contribution in [1.29, 1.82) is 0 Å². The maximum Gasteiger partial charge on any atom is 0.457 e. The normalized spacial score (nSPS) is 9.58. The molecule has 0 heterocycles. The fourth-order valence-electron chi connectivity index (χ4n) is 0.914. The van der Waals surface area contributed by atoms with Gasteiger partial charge in [0, 0.05) is 12.5 Å². The molecule has 0 unspecified atom stereocenters. The summed E-state index contributed by atoms with van der Waals surface area (Å²) >= 11 is 0. The molecule has 0 aliphatic heterocycles. The van der Waals surface area contributed by atoms with E-state index >= 15 is 0 Å². The second kappa shape index (κ2) is 7.83. The van der Waals surface area contributed by atoms with E-state index in [1.807, 2.05) is 0 Å². The van der Waals surface area contributed by atoms with Crippen molar-refractivity contribution in [3.8, 4) is 24.2 Å². The van der Waals surface area contributed by atoms with Gasteiger partial charge in [-0.25, -0.2) is 4.79 Å². The van der Waals surface area contributed by atoms with Crippen molar-refractivity contribution in [3.63, 3.8) is 0 Å². The van der Waals surface area contributed by atoms with Crippen molar-refractivity contribution in [2.75, 3.05) is 19.7 Å². The minimum atomic E-state index is -4.67. The Kier molecular flexibility index (Phi) is 6.83. The molecule has 0 atom stereocenters. The maximum absolute atomic E-state index is 11.6. The van der Waals surface area contributed by atoms with Crippen molar-refractivity contribution < 1.29 is 27.5 Å². The van der Waals surface area contributed by atoms with Gasteiger partial charge in [-0.2, -0.15) is 13.2 Å². The van der Waals surface area contributed by atoms with Crippen molar-refractivity contribution in [1.82, 2.24) is 4.90 Å². The molecule has 4 nitrogen and oxygen atoms in total. The van der Waals surface area contributed by atoms with Gasteiger partial charge in [-0.3, -0.25) is 4.79 Å². The molecule has 0 fully saturated rings. The number of hydrogen-bond acceptors (Lipinski definition) is 3. The molecule has 0 saturated heterocycles. The number of carbonyl (C=O) groups excluding carboxylic acids is 2. The Bertz CT molecular complexity index is 452. The molecule has 0 radical (unpaired) electrons. The Morgan fingerprint density at radius 2 is 2.05 bits per heavy atom. The van der Waals surface area contributed by atoms with Crippen molar-refractivity contribution in [2.24, 2.45) is 0 Å². The number of nitrogens with zero attached hydrogens (tertiary/aromatic N) is 1. The Hall–Kier alpha value is -2.41. The molecule has 0 aliphatic carbocycles. The van der Waals surface area contributed by atoms with Crippen molar-refractivity contribution in [3.05, 3.63) is 12.7 Å². The van der Waals surface area contributed by atoms with Gasteiger partial charge in [0.25, 0.3) is 0 Å². The molecule has 7 heteroatoms. The van der Waals surface area contributed by atoms with Crippen LogP contribution in [0.1, 0.15) is 0 Å². The first-order valence-corrected chi connectivity index (χ1v) is 4.89. The zero-order valence-electron chi connectivity index (χ0n) is 9.79. The highest BCUT2D eigenvalue weighted by molar-refractivity contribution is 6.32. The monoisotopic (exact) mass is 273 g/mol.